The number of hydrogen-bond acceptors (Lipinski definition) is 0. The van der Waals surface area contributed by atoms with Gasteiger partial charge >= 0.3 is 0 Å². The minimum Gasteiger partial charge on any atom is -0.120 e. The van der Waals surface area contributed by atoms with Crippen LogP contribution >= 0.6 is 0 Å². The van der Waals surface area contributed by atoms with Gasteiger partial charge in [0.05, 0.1) is 8.07 Å². The molecule has 0 aromatic rings. The molecule has 0 bridgehead atoms. The van der Waals surface area contributed by atoms with Crippen molar-refractivity contribution in [1.29, 1.82) is 0 Å². The fourth-order valence-electron chi connectivity index (χ4n) is 1.17. The van der Waals surface area contributed by atoms with Crippen LogP contribution in [0.25, 0.3) is 0 Å². The van der Waals surface area contributed by atoms with E-state index < -0.39 is 8.07 Å². The third-order valence-electron chi connectivity index (χ3n) is 3.59. The van der Waals surface area contributed by atoms with Crippen molar-refractivity contribution in [2.24, 2.45) is 0 Å². The zero-order valence-electron chi connectivity index (χ0n) is 9.36. The lowest BCUT2D eigenvalue weighted by atomic mass is 10.2. The van der Waals surface area contributed by atoms with Crippen LogP contribution < -0.4 is 0 Å². The molecule has 0 nitrogen and oxygen atoms in total. The summed E-state index contributed by atoms with van der Waals surface area (Å²) in [6.45, 7) is 14.2. The first-order valence-electron chi connectivity index (χ1n) is 4.67. The van der Waals surface area contributed by atoms with Crippen molar-refractivity contribution >= 4 is 8.07 Å². The van der Waals surface area contributed by atoms with Gasteiger partial charge < -0.3 is 0 Å². The maximum atomic E-state index is 5.34. The van der Waals surface area contributed by atoms with Gasteiger partial charge in [-0.1, -0.05) is 40.8 Å². The molecule has 1 atom stereocenters. The van der Waals surface area contributed by atoms with Gasteiger partial charge in [-0.25, -0.2) is 0 Å². The van der Waals surface area contributed by atoms with E-state index in [1.54, 1.807) is 0 Å². The van der Waals surface area contributed by atoms with Crippen molar-refractivity contribution in [1.82, 2.24) is 0 Å². The van der Waals surface area contributed by atoms with E-state index in [0.717, 1.165) is 12.0 Å². The fraction of sp³-hybridized carbons (Fsp3) is 0.818. The van der Waals surface area contributed by atoms with Gasteiger partial charge in [0.15, 0.2) is 0 Å². The van der Waals surface area contributed by atoms with Gasteiger partial charge in [0.1, 0.15) is 0 Å². The van der Waals surface area contributed by atoms with Gasteiger partial charge in [0.25, 0.3) is 0 Å². The van der Waals surface area contributed by atoms with Crippen LogP contribution in [0.1, 0.15) is 34.1 Å². The van der Waals surface area contributed by atoms with E-state index in [9.17, 15) is 0 Å². The summed E-state index contributed by atoms with van der Waals surface area (Å²) in [6.07, 6.45) is 6.28. The summed E-state index contributed by atoms with van der Waals surface area (Å²) < 4.78 is 0. The highest BCUT2D eigenvalue weighted by molar-refractivity contribution is 6.81. The minimum atomic E-state index is -1.17. The van der Waals surface area contributed by atoms with Gasteiger partial charge in [-0.2, -0.15) is 0 Å². The summed E-state index contributed by atoms with van der Waals surface area (Å²) in [5.74, 6) is 2.78. The van der Waals surface area contributed by atoms with Crippen molar-refractivity contribution in [3.8, 4) is 12.3 Å². The molecule has 0 fully saturated rings. The van der Waals surface area contributed by atoms with Gasteiger partial charge in [0.2, 0.25) is 0 Å². The summed E-state index contributed by atoms with van der Waals surface area (Å²) in [5, 5.41) is 0.462. The smallest absolute Gasteiger partial charge is 0.0565 e. The second-order valence-corrected chi connectivity index (χ2v) is 11.2. The Bertz CT molecular complexity index is 178. The molecule has 0 amide bonds. The summed E-state index contributed by atoms with van der Waals surface area (Å²) >= 11 is 0. The molecule has 0 aliphatic heterocycles. The molecular formula is C11H22Si. The SMILES string of the molecule is C#CC[C@@H](C)[Si](C)(C)C(C)(C)C. The average molecular weight is 182 g/mol. The number of rotatable bonds is 2. The first kappa shape index (κ1) is 11.8. The third-order valence-corrected chi connectivity index (χ3v) is 10.1. The lowest BCUT2D eigenvalue weighted by Gasteiger charge is -2.41. The molecule has 0 rings (SSSR count). The fourth-order valence-corrected chi connectivity index (χ4v) is 3.28. The lowest BCUT2D eigenvalue weighted by molar-refractivity contribution is 0.687. The molecule has 0 N–H and O–H groups in total. The molecule has 0 aromatic carbocycles. The third kappa shape index (κ3) is 2.38. The molecule has 0 aromatic heterocycles. The van der Waals surface area contributed by atoms with Crippen molar-refractivity contribution in [2.45, 2.75) is 57.8 Å². The van der Waals surface area contributed by atoms with Crippen LogP contribution in [-0.4, -0.2) is 8.07 Å². The molecule has 0 unspecified atom stereocenters. The zero-order chi connectivity index (χ0) is 9.99. The Morgan fingerprint density at radius 2 is 1.75 bits per heavy atom. The Labute approximate surface area is 78.8 Å². The van der Waals surface area contributed by atoms with Gasteiger partial charge in [-0.3, -0.25) is 0 Å². The van der Waals surface area contributed by atoms with E-state index in [1.807, 2.05) is 0 Å². The summed E-state index contributed by atoms with van der Waals surface area (Å²) in [5.41, 5.74) is 0.725. The zero-order valence-corrected chi connectivity index (χ0v) is 10.4. The molecule has 0 aliphatic carbocycles. The molecule has 70 valence electrons. The highest BCUT2D eigenvalue weighted by Gasteiger charge is 2.39. The summed E-state index contributed by atoms with van der Waals surface area (Å²) in [7, 11) is -1.17. The van der Waals surface area contributed by atoms with E-state index in [2.05, 4.69) is 46.7 Å². The van der Waals surface area contributed by atoms with E-state index >= 15 is 0 Å². The average Bonchev–Trinajstić information content (AvgIpc) is 1.85. The predicted octanol–water partition coefficient (Wildman–Crippen LogP) is 3.91. The van der Waals surface area contributed by atoms with Gasteiger partial charge in [-0.05, 0) is 10.6 Å². The molecule has 0 radical (unpaired) electrons. The minimum absolute atomic E-state index is 0.462. The van der Waals surface area contributed by atoms with Crippen molar-refractivity contribution in [2.75, 3.05) is 0 Å². The topological polar surface area (TPSA) is 0 Å². The van der Waals surface area contributed by atoms with E-state index in [-0.39, 0.29) is 0 Å². The summed E-state index contributed by atoms with van der Waals surface area (Å²) in [6, 6.07) is 0. The highest BCUT2D eigenvalue weighted by Crippen LogP contribution is 2.44. The monoisotopic (exact) mass is 182 g/mol. The van der Waals surface area contributed by atoms with E-state index in [4.69, 9.17) is 6.42 Å². The Morgan fingerprint density at radius 3 is 2.00 bits per heavy atom. The Hall–Kier alpha value is -0.223. The molecule has 0 saturated carbocycles. The molecule has 1 heteroatoms. The van der Waals surface area contributed by atoms with Crippen LogP contribution in [0.15, 0.2) is 0 Å². The van der Waals surface area contributed by atoms with Gasteiger partial charge in [-0.15, -0.1) is 12.3 Å². The van der Waals surface area contributed by atoms with Crippen LogP contribution in [0, 0.1) is 12.3 Å². The van der Waals surface area contributed by atoms with Gasteiger partial charge in [0, 0.05) is 6.42 Å². The Kier molecular flexibility index (Phi) is 3.59. The highest BCUT2D eigenvalue weighted by atomic mass is 28.3. The quantitative estimate of drug-likeness (QED) is 0.449. The van der Waals surface area contributed by atoms with Crippen molar-refractivity contribution in [3.05, 3.63) is 0 Å². The van der Waals surface area contributed by atoms with Crippen LogP contribution in [0.2, 0.25) is 23.7 Å². The molecule has 0 saturated heterocycles. The van der Waals surface area contributed by atoms with Crippen molar-refractivity contribution < 1.29 is 0 Å². The maximum absolute atomic E-state index is 5.34. The maximum Gasteiger partial charge on any atom is 0.0565 e. The predicted molar refractivity (Wildman–Crippen MR) is 60.1 cm³/mol. The van der Waals surface area contributed by atoms with Crippen molar-refractivity contribution in [3.63, 3.8) is 0 Å². The van der Waals surface area contributed by atoms with E-state index in [0.29, 0.717) is 5.04 Å². The first-order chi connectivity index (χ1) is 5.23. The molecule has 12 heavy (non-hydrogen) atoms. The van der Waals surface area contributed by atoms with Crippen LogP contribution in [0.4, 0.5) is 0 Å². The largest absolute Gasteiger partial charge is 0.120 e. The second-order valence-electron chi connectivity index (χ2n) is 5.28. The van der Waals surface area contributed by atoms with Crippen LogP contribution in [-0.2, 0) is 0 Å². The Morgan fingerprint density at radius 1 is 1.33 bits per heavy atom. The van der Waals surface area contributed by atoms with Crippen LogP contribution in [0.3, 0.4) is 0 Å². The summed E-state index contributed by atoms with van der Waals surface area (Å²) in [4.78, 5) is 0. The molecule has 0 aliphatic rings. The Balaban J connectivity index is 4.52. The second kappa shape index (κ2) is 3.66. The molecule has 0 heterocycles. The first-order valence-corrected chi connectivity index (χ1v) is 7.74. The normalized spacial score (nSPS) is 15.4. The lowest BCUT2D eigenvalue weighted by Crippen LogP contribution is -2.40. The standard InChI is InChI=1S/C11H22Si/c1-8-9-10(2)12(6,7)11(3,4)5/h1,10H,9H2,2-7H3/t10-/m1/s1. The number of hydrogen-bond donors (Lipinski definition) is 0. The molecular weight excluding hydrogens is 160 g/mol. The van der Waals surface area contributed by atoms with Crippen LogP contribution in [0.5, 0.6) is 0 Å². The number of terminal acetylenes is 1. The van der Waals surface area contributed by atoms with E-state index in [1.165, 1.54) is 0 Å². The molecule has 0 spiro atoms.